The Morgan fingerprint density at radius 1 is 1.22 bits per heavy atom. The van der Waals surface area contributed by atoms with Gasteiger partial charge in [-0.05, 0) is 61.5 Å². The zero-order chi connectivity index (χ0) is 16.4. The second kappa shape index (κ2) is 6.81. The van der Waals surface area contributed by atoms with Crippen LogP contribution in [0.5, 0.6) is 11.5 Å². The Labute approximate surface area is 137 Å². The maximum Gasteiger partial charge on any atom is 0.339 e. The van der Waals surface area contributed by atoms with Crippen molar-refractivity contribution in [1.82, 2.24) is 0 Å². The molecule has 23 heavy (non-hydrogen) atoms. The number of rotatable bonds is 5. The summed E-state index contributed by atoms with van der Waals surface area (Å²) in [7, 11) is 1.56. The molecule has 4 heteroatoms. The molecule has 2 aliphatic carbocycles. The Hall–Kier alpha value is -1.71. The van der Waals surface area contributed by atoms with Crippen LogP contribution in [0.2, 0.25) is 0 Å². The van der Waals surface area contributed by atoms with E-state index < -0.39 is 5.97 Å². The van der Waals surface area contributed by atoms with Crippen molar-refractivity contribution in [3.63, 3.8) is 0 Å². The molecule has 2 atom stereocenters. The van der Waals surface area contributed by atoms with Gasteiger partial charge in [-0.3, -0.25) is 0 Å². The van der Waals surface area contributed by atoms with E-state index in [0.717, 1.165) is 36.2 Å². The highest BCUT2D eigenvalue weighted by Gasteiger charge is 2.31. The first kappa shape index (κ1) is 16.2. The number of aryl methyl sites for hydroxylation is 1. The van der Waals surface area contributed by atoms with Crippen molar-refractivity contribution in [2.75, 3.05) is 7.11 Å². The molecule has 0 radical (unpaired) electrons. The van der Waals surface area contributed by atoms with Gasteiger partial charge in [0.15, 0.2) is 0 Å². The fourth-order valence-electron chi connectivity index (χ4n) is 4.64. The van der Waals surface area contributed by atoms with Crippen LogP contribution in [0.4, 0.5) is 0 Å². The second-order valence-corrected chi connectivity index (χ2v) is 7.26. The molecule has 3 rings (SSSR count). The lowest BCUT2D eigenvalue weighted by Gasteiger charge is -2.39. The minimum absolute atomic E-state index is 0.0405. The molecule has 2 bridgehead atoms. The van der Waals surface area contributed by atoms with Gasteiger partial charge in [0.1, 0.15) is 17.1 Å². The van der Waals surface area contributed by atoms with Crippen LogP contribution in [-0.4, -0.2) is 23.3 Å². The minimum atomic E-state index is -1.10. The Balaban J connectivity index is 1.69. The summed E-state index contributed by atoms with van der Waals surface area (Å²) in [5.74, 6) is 1.81. The van der Waals surface area contributed by atoms with E-state index in [1.807, 2.05) is 0 Å². The van der Waals surface area contributed by atoms with Crippen LogP contribution in [-0.2, 0) is 6.42 Å². The van der Waals surface area contributed by atoms with E-state index in [4.69, 9.17) is 4.74 Å². The monoisotopic (exact) mass is 318 g/mol. The van der Waals surface area contributed by atoms with E-state index in [-0.39, 0.29) is 11.3 Å². The molecular formula is C19H26O4. The molecule has 0 heterocycles. The number of aromatic carboxylic acids is 1. The smallest absolute Gasteiger partial charge is 0.339 e. The van der Waals surface area contributed by atoms with Gasteiger partial charge in [0, 0.05) is 6.07 Å². The van der Waals surface area contributed by atoms with Crippen LogP contribution >= 0.6 is 0 Å². The molecule has 2 fully saturated rings. The fraction of sp³-hybridized carbons (Fsp3) is 0.632. The van der Waals surface area contributed by atoms with Gasteiger partial charge >= 0.3 is 5.97 Å². The van der Waals surface area contributed by atoms with Crippen molar-refractivity contribution in [3.05, 3.63) is 23.3 Å². The van der Waals surface area contributed by atoms with Crippen molar-refractivity contribution in [2.45, 2.75) is 51.4 Å². The summed E-state index contributed by atoms with van der Waals surface area (Å²) in [5.41, 5.74) is 0.847. The number of hydrogen-bond donors (Lipinski definition) is 2. The second-order valence-electron chi connectivity index (χ2n) is 7.26. The molecule has 0 aromatic heterocycles. The average Bonchev–Trinajstić information content (AvgIpc) is 2.52. The van der Waals surface area contributed by atoms with E-state index in [1.165, 1.54) is 44.6 Å². The maximum atomic E-state index is 11.2. The molecule has 2 saturated carbocycles. The number of phenols is 1. The first-order chi connectivity index (χ1) is 11.1. The summed E-state index contributed by atoms with van der Waals surface area (Å²) < 4.78 is 5.32. The van der Waals surface area contributed by atoms with E-state index in [9.17, 15) is 15.0 Å². The predicted octanol–water partition coefficient (Wildman–Crippen LogP) is 4.25. The van der Waals surface area contributed by atoms with Crippen molar-refractivity contribution in [3.8, 4) is 11.5 Å². The van der Waals surface area contributed by atoms with Crippen molar-refractivity contribution >= 4 is 5.97 Å². The molecule has 2 N–H and O–H groups in total. The first-order valence-electron chi connectivity index (χ1n) is 8.70. The van der Waals surface area contributed by atoms with Crippen LogP contribution in [0, 0.1) is 17.8 Å². The van der Waals surface area contributed by atoms with Gasteiger partial charge in [0.25, 0.3) is 0 Å². The summed E-state index contributed by atoms with van der Waals surface area (Å²) in [6.07, 6.45) is 10.1. The molecule has 0 amide bonds. The van der Waals surface area contributed by atoms with E-state index in [1.54, 1.807) is 13.2 Å². The fourth-order valence-corrected chi connectivity index (χ4v) is 4.64. The highest BCUT2D eigenvalue weighted by molar-refractivity contribution is 5.91. The lowest BCUT2D eigenvalue weighted by Crippen LogP contribution is -2.27. The Morgan fingerprint density at radius 2 is 1.91 bits per heavy atom. The van der Waals surface area contributed by atoms with Gasteiger partial charge in [-0.2, -0.15) is 0 Å². The molecule has 0 spiro atoms. The summed E-state index contributed by atoms with van der Waals surface area (Å²) in [6, 6.07) is 2.99. The number of carbonyl (C=O) groups is 1. The number of carboxylic acid groups (broad SMARTS) is 1. The van der Waals surface area contributed by atoms with Crippen LogP contribution in [0.1, 0.15) is 60.9 Å². The van der Waals surface area contributed by atoms with Crippen molar-refractivity contribution in [2.24, 2.45) is 17.8 Å². The average molecular weight is 318 g/mol. The molecule has 126 valence electrons. The molecule has 2 aliphatic rings. The standard InChI is InChI=1S/C19H26O4/c1-23-18-11-17(20)16(19(21)22)10-15(18)6-5-14-8-12-3-2-4-13(7-12)9-14/h10-14,20H,2-9H2,1H3,(H,21,22). The van der Waals surface area contributed by atoms with Crippen molar-refractivity contribution < 1.29 is 19.7 Å². The SMILES string of the molecule is COc1cc(O)c(C(=O)O)cc1CCC1CC2CCCC(C2)C1. The summed E-state index contributed by atoms with van der Waals surface area (Å²) in [5, 5.41) is 19.0. The van der Waals surface area contributed by atoms with Gasteiger partial charge in [-0.1, -0.05) is 19.3 Å². The highest BCUT2D eigenvalue weighted by atomic mass is 16.5. The molecular weight excluding hydrogens is 292 g/mol. The van der Waals surface area contributed by atoms with Crippen LogP contribution in [0.25, 0.3) is 0 Å². The van der Waals surface area contributed by atoms with Gasteiger partial charge in [0.05, 0.1) is 7.11 Å². The summed E-state index contributed by atoms with van der Waals surface area (Å²) in [6.45, 7) is 0. The lowest BCUT2D eigenvalue weighted by atomic mass is 9.67. The minimum Gasteiger partial charge on any atom is -0.507 e. The number of fused-ring (bicyclic) bond motifs is 2. The third-order valence-electron chi connectivity index (χ3n) is 5.68. The molecule has 0 aliphatic heterocycles. The van der Waals surface area contributed by atoms with E-state index in [2.05, 4.69) is 0 Å². The van der Waals surface area contributed by atoms with E-state index in [0.29, 0.717) is 5.75 Å². The van der Waals surface area contributed by atoms with Gasteiger partial charge in [0.2, 0.25) is 0 Å². The highest BCUT2D eigenvalue weighted by Crippen LogP contribution is 2.44. The third-order valence-corrected chi connectivity index (χ3v) is 5.68. The number of carboxylic acids is 1. The van der Waals surface area contributed by atoms with Gasteiger partial charge in [-0.15, -0.1) is 0 Å². The zero-order valence-electron chi connectivity index (χ0n) is 13.8. The van der Waals surface area contributed by atoms with Crippen LogP contribution in [0.3, 0.4) is 0 Å². The lowest BCUT2D eigenvalue weighted by molar-refractivity contribution is 0.0693. The topological polar surface area (TPSA) is 66.8 Å². The van der Waals surface area contributed by atoms with Gasteiger partial charge in [-0.25, -0.2) is 4.79 Å². The first-order valence-corrected chi connectivity index (χ1v) is 8.70. The maximum absolute atomic E-state index is 11.2. The summed E-state index contributed by atoms with van der Waals surface area (Å²) >= 11 is 0. The normalized spacial score (nSPS) is 26.7. The zero-order valence-corrected chi connectivity index (χ0v) is 13.8. The molecule has 2 unspecified atom stereocenters. The predicted molar refractivity (Wildman–Crippen MR) is 88.1 cm³/mol. The number of ether oxygens (including phenoxy) is 1. The molecule has 1 aromatic rings. The molecule has 4 nitrogen and oxygen atoms in total. The number of aromatic hydroxyl groups is 1. The molecule has 0 saturated heterocycles. The third kappa shape index (κ3) is 3.62. The molecule has 1 aromatic carbocycles. The number of hydrogen-bond acceptors (Lipinski definition) is 3. The Morgan fingerprint density at radius 3 is 2.52 bits per heavy atom. The number of methoxy groups -OCH3 is 1. The van der Waals surface area contributed by atoms with Gasteiger partial charge < -0.3 is 14.9 Å². The quantitative estimate of drug-likeness (QED) is 0.852. The van der Waals surface area contributed by atoms with Crippen LogP contribution in [0.15, 0.2) is 12.1 Å². The van der Waals surface area contributed by atoms with Crippen molar-refractivity contribution in [1.29, 1.82) is 0 Å². The largest absolute Gasteiger partial charge is 0.507 e. The number of benzene rings is 1. The Bertz CT molecular complexity index is 569. The van der Waals surface area contributed by atoms with Crippen LogP contribution < -0.4 is 4.74 Å². The van der Waals surface area contributed by atoms with E-state index >= 15 is 0 Å². The summed E-state index contributed by atoms with van der Waals surface area (Å²) in [4.78, 5) is 11.2. The Kier molecular flexibility index (Phi) is 4.79.